The minimum Gasteiger partial charge on any atom is -0.478 e. The van der Waals surface area contributed by atoms with E-state index >= 15 is 0 Å². The number of carboxylic acids is 1. The third kappa shape index (κ3) is 2.66. The molecule has 0 saturated heterocycles. The fourth-order valence-electron chi connectivity index (χ4n) is 2.48. The van der Waals surface area contributed by atoms with E-state index in [1.165, 1.54) is 0 Å². The largest absolute Gasteiger partial charge is 0.478 e. The van der Waals surface area contributed by atoms with E-state index in [2.05, 4.69) is 10.4 Å². The Bertz CT molecular complexity index is 647. The lowest BCUT2D eigenvalue weighted by molar-refractivity contribution is 0.0697. The van der Waals surface area contributed by atoms with Crippen LogP contribution in [0, 0.1) is 13.8 Å². The Morgan fingerprint density at radius 3 is 2.65 bits per heavy atom. The predicted octanol–water partition coefficient (Wildman–Crippen LogP) is 2.91. The number of nitrogens with zero attached hydrogens (tertiary/aromatic N) is 2. The monoisotopic (exact) mass is 273 g/mol. The van der Waals surface area contributed by atoms with E-state index in [1.807, 2.05) is 38.6 Å². The van der Waals surface area contributed by atoms with Crippen molar-refractivity contribution in [2.45, 2.75) is 26.8 Å². The number of carbonyl (C=O) groups is 1. The van der Waals surface area contributed by atoms with Crippen LogP contribution >= 0.6 is 0 Å². The second-order valence-electron chi connectivity index (χ2n) is 4.96. The Balaban J connectivity index is 2.25. The maximum absolute atomic E-state index is 11.0. The highest BCUT2D eigenvalue weighted by Gasteiger charge is 2.16. The van der Waals surface area contributed by atoms with Crippen LogP contribution in [0.1, 0.15) is 40.3 Å². The SMILES string of the molecule is Cc1nn(C)c(C)c1C(C)Nc1cccc(C(=O)O)c1. The van der Waals surface area contributed by atoms with Crippen LogP contribution in [0.4, 0.5) is 5.69 Å². The van der Waals surface area contributed by atoms with Crippen LogP contribution in [-0.2, 0) is 7.05 Å². The summed E-state index contributed by atoms with van der Waals surface area (Å²) in [5, 5.41) is 16.7. The molecule has 106 valence electrons. The molecule has 1 unspecified atom stereocenters. The zero-order chi connectivity index (χ0) is 14.9. The van der Waals surface area contributed by atoms with Crippen LogP contribution in [0.25, 0.3) is 0 Å². The van der Waals surface area contributed by atoms with Crippen LogP contribution < -0.4 is 5.32 Å². The van der Waals surface area contributed by atoms with Gasteiger partial charge in [0.1, 0.15) is 0 Å². The third-order valence-corrected chi connectivity index (χ3v) is 3.49. The van der Waals surface area contributed by atoms with Crippen molar-refractivity contribution in [2.24, 2.45) is 7.05 Å². The van der Waals surface area contributed by atoms with E-state index in [0.29, 0.717) is 0 Å². The van der Waals surface area contributed by atoms with Crippen molar-refractivity contribution < 1.29 is 9.90 Å². The molecule has 5 heteroatoms. The summed E-state index contributed by atoms with van der Waals surface area (Å²) in [5.41, 5.74) is 4.31. The molecule has 1 atom stereocenters. The topological polar surface area (TPSA) is 67.2 Å². The molecular weight excluding hydrogens is 254 g/mol. The average Bonchev–Trinajstić information content (AvgIpc) is 2.63. The van der Waals surface area contributed by atoms with Crippen molar-refractivity contribution in [2.75, 3.05) is 5.32 Å². The fraction of sp³-hybridized carbons (Fsp3) is 0.333. The third-order valence-electron chi connectivity index (χ3n) is 3.49. The van der Waals surface area contributed by atoms with Crippen LogP contribution in [0.2, 0.25) is 0 Å². The Kier molecular flexibility index (Phi) is 3.79. The molecule has 1 heterocycles. The van der Waals surface area contributed by atoms with E-state index in [9.17, 15) is 4.79 Å². The summed E-state index contributed by atoms with van der Waals surface area (Å²) in [6, 6.07) is 6.89. The van der Waals surface area contributed by atoms with Crippen molar-refractivity contribution in [3.8, 4) is 0 Å². The normalized spacial score (nSPS) is 12.2. The van der Waals surface area contributed by atoms with Gasteiger partial charge in [0, 0.05) is 24.0 Å². The highest BCUT2D eigenvalue weighted by Crippen LogP contribution is 2.25. The molecule has 0 aliphatic heterocycles. The van der Waals surface area contributed by atoms with Gasteiger partial charge in [0.15, 0.2) is 0 Å². The molecule has 2 rings (SSSR count). The number of carboxylic acid groups (broad SMARTS) is 1. The number of aromatic carboxylic acids is 1. The first-order valence-corrected chi connectivity index (χ1v) is 6.50. The molecule has 0 fully saturated rings. The molecule has 0 aliphatic rings. The van der Waals surface area contributed by atoms with Gasteiger partial charge in [-0.05, 0) is 39.0 Å². The number of hydrogen-bond acceptors (Lipinski definition) is 3. The summed E-state index contributed by atoms with van der Waals surface area (Å²) in [7, 11) is 1.92. The molecule has 5 nitrogen and oxygen atoms in total. The Hall–Kier alpha value is -2.30. The van der Waals surface area contributed by atoms with Crippen molar-refractivity contribution in [1.82, 2.24) is 9.78 Å². The standard InChI is InChI=1S/C15H19N3O2/c1-9(14-10(2)17-18(4)11(14)3)16-13-7-5-6-12(8-13)15(19)20/h5-9,16H,1-4H3,(H,19,20). The Morgan fingerprint density at radius 1 is 1.40 bits per heavy atom. The first-order valence-electron chi connectivity index (χ1n) is 6.50. The molecule has 0 spiro atoms. The molecule has 0 bridgehead atoms. The molecule has 1 aromatic heterocycles. The number of benzene rings is 1. The van der Waals surface area contributed by atoms with Crippen LogP contribution in [0.5, 0.6) is 0 Å². The molecule has 2 aromatic rings. The van der Waals surface area contributed by atoms with Crippen molar-refractivity contribution in [3.05, 3.63) is 46.8 Å². The quantitative estimate of drug-likeness (QED) is 0.898. The fourth-order valence-corrected chi connectivity index (χ4v) is 2.48. The maximum Gasteiger partial charge on any atom is 0.335 e. The number of nitrogens with one attached hydrogen (secondary N) is 1. The van der Waals surface area contributed by atoms with Gasteiger partial charge in [-0.25, -0.2) is 4.79 Å². The first-order chi connectivity index (χ1) is 9.40. The van der Waals surface area contributed by atoms with Crippen molar-refractivity contribution in [3.63, 3.8) is 0 Å². The molecule has 0 amide bonds. The van der Waals surface area contributed by atoms with E-state index in [1.54, 1.807) is 18.2 Å². The van der Waals surface area contributed by atoms with Gasteiger partial charge >= 0.3 is 5.97 Å². The Morgan fingerprint density at radius 2 is 2.10 bits per heavy atom. The first kappa shape index (κ1) is 14.1. The predicted molar refractivity (Wildman–Crippen MR) is 78.1 cm³/mol. The van der Waals surface area contributed by atoms with Gasteiger partial charge in [-0.1, -0.05) is 6.07 Å². The van der Waals surface area contributed by atoms with Gasteiger partial charge in [0.2, 0.25) is 0 Å². The minimum absolute atomic E-state index is 0.0627. The van der Waals surface area contributed by atoms with Gasteiger partial charge in [0.05, 0.1) is 17.3 Å². The lowest BCUT2D eigenvalue weighted by atomic mass is 10.1. The van der Waals surface area contributed by atoms with E-state index in [0.717, 1.165) is 22.6 Å². The van der Waals surface area contributed by atoms with Crippen LogP contribution in [0.3, 0.4) is 0 Å². The van der Waals surface area contributed by atoms with Gasteiger partial charge in [-0.15, -0.1) is 0 Å². The molecule has 0 aliphatic carbocycles. The summed E-state index contributed by atoms with van der Waals surface area (Å²) in [6.45, 7) is 6.06. The second-order valence-corrected chi connectivity index (χ2v) is 4.96. The number of aromatic nitrogens is 2. The maximum atomic E-state index is 11.0. The highest BCUT2D eigenvalue weighted by molar-refractivity contribution is 5.88. The second kappa shape index (κ2) is 5.36. The van der Waals surface area contributed by atoms with E-state index in [4.69, 9.17) is 5.11 Å². The molecule has 2 N–H and O–H groups in total. The average molecular weight is 273 g/mol. The molecule has 0 saturated carbocycles. The summed E-state index contributed by atoms with van der Waals surface area (Å²) < 4.78 is 1.86. The summed E-state index contributed by atoms with van der Waals surface area (Å²) >= 11 is 0. The molecule has 20 heavy (non-hydrogen) atoms. The molecule has 1 aromatic carbocycles. The zero-order valence-corrected chi connectivity index (χ0v) is 12.1. The summed E-state index contributed by atoms with van der Waals surface area (Å²) in [4.78, 5) is 11.0. The molecular formula is C15H19N3O2. The number of rotatable bonds is 4. The summed E-state index contributed by atoms with van der Waals surface area (Å²) in [6.07, 6.45) is 0. The van der Waals surface area contributed by atoms with Gasteiger partial charge < -0.3 is 10.4 Å². The van der Waals surface area contributed by atoms with Gasteiger partial charge in [-0.3, -0.25) is 4.68 Å². The van der Waals surface area contributed by atoms with Gasteiger partial charge in [0.25, 0.3) is 0 Å². The minimum atomic E-state index is -0.921. The number of aryl methyl sites for hydroxylation is 2. The van der Waals surface area contributed by atoms with Crippen molar-refractivity contribution >= 4 is 11.7 Å². The van der Waals surface area contributed by atoms with Gasteiger partial charge in [-0.2, -0.15) is 5.10 Å². The summed E-state index contributed by atoms with van der Waals surface area (Å²) in [5.74, 6) is -0.921. The van der Waals surface area contributed by atoms with E-state index < -0.39 is 5.97 Å². The number of anilines is 1. The lowest BCUT2D eigenvalue weighted by Crippen LogP contribution is -2.09. The molecule has 0 radical (unpaired) electrons. The smallest absolute Gasteiger partial charge is 0.335 e. The lowest BCUT2D eigenvalue weighted by Gasteiger charge is -2.16. The van der Waals surface area contributed by atoms with Crippen LogP contribution in [0.15, 0.2) is 24.3 Å². The highest BCUT2D eigenvalue weighted by atomic mass is 16.4. The van der Waals surface area contributed by atoms with Crippen molar-refractivity contribution in [1.29, 1.82) is 0 Å². The van der Waals surface area contributed by atoms with E-state index in [-0.39, 0.29) is 11.6 Å². The Labute approximate surface area is 118 Å². The van der Waals surface area contributed by atoms with Crippen LogP contribution in [-0.4, -0.2) is 20.9 Å². The zero-order valence-electron chi connectivity index (χ0n) is 12.1. The number of hydrogen-bond donors (Lipinski definition) is 2.